The number of hydrogen-bond acceptors (Lipinski definition) is 7. The van der Waals surface area contributed by atoms with Gasteiger partial charge in [0.15, 0.2) is 5.60 Å². The minimum absolute atomic E-state index is 0.109. The minimum Gasteiger partial charge on any atom is -0.496 e. The lowest BCUT2D eigenvalue weighted by atomic mass is 9.95. The maximum absolute atomic E-state index is 11.6. The molecule has 3 rings (SSSR count). The van der Waals surface area contributed by atoms with Gasteiger partial charge in [-0.05, 0) is 19.1 Å². The standard InChI is InChI=1S/C19H21NO6/c1-11(21)24-10-19(3,26-12(2)22)16-9-14-17(23-4)13-7-5-6-8-15(13)20-18(14)25-16/h5-8,16H,9-10H2,1-4H3/t16-,19-/m0/s1. The van der Waals surface area contributed by atoms with Crippen LogP contribution in [-0.4, -0.2) is 42.3 Å². The molecular formula is C19H21NO6. The first-order valence-corrected chi connectivity index (χ1v) is 8.29. The van der Waals surface area contributed by atoms with E-state index < -0.39 is 23.6 Å². The molecule has 0 amide bonds. The third-order valence-corrected chi connectivity index (χ3v) is 4.37. The molecule has 0 spiro atoms. The molecule has 1 aromatic carbocycles. The summed E-state index contributed by atoms with van der Waals surface area (Å²) < 4.78 is 22.2. The summed E-state index contributed by atoms with van der Waals surface area (Å²) in [7, 11) is 1.60. The van der Waals surface area contributed by atoms with Gasteiger partial charge in [0.1, 0.15) is 18.5 Å². The topological polar surface area (TPSA) is 83.9 Å². The molecule has 0 saturated heterocycles. The molecule has 0 saturated carbocycles. The lowest BCUT2D eigenvalue weighted by molar-refractivity contribution is -0.179. The molecule has 0 N–H and O–H groups in total. The van der Waals surface area contributed by atoms with E-state index in [2.05, 4.69) is 4.98 Å². The van der Waals surface area contributed by atoms with E-state index >= 15 is 0 Å². The van der Waals surface area contributed by atoms with E-state index in [1.54, 1.807) is 14.0 Å². The smallest absolute Gasteiger partial charge is 0.303 e. The fourth-order valence-corrected chi connectivity index (χ4v) is 3.17. The Bertz CT molecular complexity index is 864. The highest BCUT2D eigenvalue weighted by Gasteiger charge is 2.46. The molecule has 2 heterocycles. The molecule has 1 aromatic heterocycles. The van der Waals surface area contributed by atoms with Crippen molar-refractivity contribution in [3.63, 3.8) is 0 Å². The van der Waals surface area contributed by atoms with Crippen molar-refractivity contribution in [2.24, 2.45) is 0 Å². The zero-order valence-electron chi connectivity index (χ0n) is 15.2. The quantitative estimate of drug-likeness (QED) is 0.758. The Morgan fingerprint density at radius 3 is 2.65 bits per heavy atom. The van der Waals surface area contributed by atoms with Gasteiger partial charge in [-0.3, -0.25) is 9.59 Å². The Morgan fingerprint density at radius 1 is 1.27 bits per heavy atom. The van der Waals surface area contributed by atoms with Crippen molar-refractivity contribution in [2.45, 2.75) is 38.9 Å². The zero-order chi connectivity index (χ0) is 18.9. The molecule has 138 valence electrons. The second-order valence-electron chi connectivity index (χ2n) is 6.44. The summed E-state index contributed by atoms with van der Waals surface area (Å²) in [5, 5.41) is 0.882. The van der Waals surface area contributed by atoms with Crippen molar-refractivity contribution in [1.29, 1.82) is 0 Å². The van der Waals surface area contributed by atoms with Crippen LogP contribution in [-0.2, 0) is 25.5 Å². The van der Waals surface area contributed by atoms with E-state index in [4.69, 9.17) is 18.9 Å². The number of fused-ring (bicyclic) bond motifs is 2. The van der Waals surface area contributed by atoms with Gasteiger partial charge in [-0.15, -0.1) is 0 Å². The molecule has 0 bridgehead atoms. The molecule has 2 aromatic rings. The molecule has 1 aliphatic heterocycles. The van der Waals surface area contributed by atoms with Crippen molar-refractivity contribution in [2.75, 3.05) is 13.7 Å². The van der Waals surface area contributed by atoms with E-state index in [9.17, 15) is 9.59 Å². The monoisotopic (exact) mass is 359 g/mol. The number of carbonyl (C=O) groups is 2. The van der Waals surface area contributed by atoms with Gasteiger partial charge in [-0.25, -0.2) is 4.98 Å². The first-order chi connectivity index (χ1) is 12.3. The van der Waals surface area contributed by atoms with Crippen LogP contribution < -0.4 is 9.47 Å². The van der Waals surface area contributed by atoms with Crippen LogP contribution >= 0.6 is 0 Å². The normalized spacial score (nSPS) is 17.8. The number of nitrogens with zero attached hydrogens (tertiary/aromatic N) is 1. The molecular weight excluding hydrogens is 338 g/mol. The average Bonchev–Trinajstić information content (AvgIpc) is 3.01. The van der Waals surface area contributed by atoms with Crippen molar-refractivity contribution in [1.82, 2.24) is 4.98 Å². The highest BCUT2D eigenvalue weighted by atomic mass is 16.6. The minimum atomic E-state index is -1.14. The van der Waals surface area contributed by atoms with Gasteiger partial charge in [0, 0.05) is 25.7 Å². The molecule has 7 heteroatoms. The maximum Gasteiger partial charge on any atom is 0.303 e. The number of hydrogen-bond donors (Lipinski definition) is 0. The molecule has 0 aliphatic carbocycles. The van der Waals surface area contributed by atoms with Gasteiger partial charge in [0.05, 0.1) is 18.2 Å². The van der Waals surface area contributed by atoms with Crippen LogP contribution in [0, 0.1) is 0 Å². The van der Waals surface area contributed by atoms with E-state index in [-0.39, 0.29) is 6.61 Å². The van der Waals surface area contributed by atoms with Gasteiger partial charge in [-0.2, -0.15) is 0 Å². The van der Waals surface area contributed by atoms with Crippen LogP contribution in [0.1, 0.15) is 26.3 Å². The van der Waals surface area contributed by atoms with Gasteiger partial charge in [0.2, 0.25) is 5.88 Å². The van der Waals surface area contributed by atoms with Crippen LogP contribution in [0.4, 0.5) is 0 Å². The molecule has 0 fully saturated rings. The first-order valence-electron chi connectivity index (χ1n) is 8.29. The zero-order valence-corrected chi connectivity index (χ0v) is 15.2. The number of carbonyl (C=O) groups excluding carboxylic acids is 2. The summed E-state index contributed by atoms with van der Waals surface area (Å²) in [6.45, 7) is 4.18. The number of esters is 2. The summed E-state index contributed by atoms with van der Waals surface area (Å²) in [6.07, 6.45) is -0.138. The van der Waals surface area contributed by atoms with Crippen LogP contribution in [0.25, 0.3) is 10.9 Å². The molecule has 7 nitrogen and oxygen atoms in total. The lowest BCUT2D eigenvalue weighted by Gasteiger charge is -2.33. The maximum atomic E-state index is 11.6. The van der Waals surface area contributed by atoms with E-state index in [1.807, 2.05) is 24.3 Å². The van der Waals surface area contributed by atoms with E-state index in [0.717, 1.165) is 16.5 Å². The second-order valence-corrected chi connectivity index (χ2v) is 6.44. The summed E-state index contributed by atoms with van der Waals surface area (Å²) in [5.41, 5.74) is 0.408. The Hall–Kier alpha value is -2.83. The Morgan fingerprint density at radius 2 is 2.00 bits per heavy atom. The van der Waals surface area contributed by atoms with E-state index in [1.165, 1.54) is 13.8 Å². The Kier molecular flexibility index (Phi) is 4.71. The van der Waals surface area contributed by atoms with Crippen molar-refractivity contribution < 1.29 is 28.5 Å². The highest BCUT2D eigenvalue weighted by molar-refractivity contribution is 5.87. The fraction of sp³-hybridized carbons (Fsp3) is 0.421. The summed E-state index contributed by atoms with van der Waals surface area (Å²) in [4.78, 5) is 27.4. The third kappa shape index (κ3) is 3.29. The second kappa shape index (κ2) is 6.82. The van der Waals surface area contributed by atoms with E-state index in [0.29, 0.717) is 18.1 Å². The predicted octanol–water partition coefficient (Wildman–Crippen LogP) is 2.43. The van der Waals surface area contributed by atoms with Crippen molar-refractivity contribution >= 4 is 22.8 Å². The van der Waals surface area contributed by atoms with Gasteiger partial charge in [-0.1, -0.05) is 12.1 Å². The van der Waals surface area contributed by atoms with Crippen LogP contribution in [0.2, 0.25) is 0 Å². The number of rotatable bonds is 5. The van der Waals surface area contributed by atoms with Crippen molar-refractivity contribution in [3.05, 3.63) is 29.8 Å². The van der Waals surface area contributed by atoms with Gasteiger partial charge < -0.3 is 18.9 Å². The Balaban J connectivity index is 1.98. The number of para-hydroxylation sites is 1. The average molecular weight is 359 g/mol. The van der Waals surface area contributed by atoms with Crippen molar-refractivity contribution in [3.8, 4) is 11.6 Å². The van der Waals surface area contributed by atoms with Crippen LogP contribution in [0.15, 0.2) is 24.3 Å². The molecule has 1 aliphatic rings. The molecule has 2 atom stereocenters. The number of methoxy groups -OCH3 is 1. The Labute approximate surface area is 151 Å². The van der Waals surface area contributed by atoms with Gasteiger partial charge in [0.25, 0.3) is 0 Å². The first kappa shape index (κ1) is 18.0. The van der Waals surface area contributed by atoms with Crippen LogP contribution in [0.5, 0.6) is 11.6 Å². The summed E-state index contributed by atoms with van der Waals surface area (Å²) >= 11 is 0. The fourth-order valence-electron chi connectivity index (χ4n) is 3.17. The SMILES string of the molecule is COc1c2c(nc3ccccc13)O[C@H]([C@](C)(COC(C)=O)OC(C)=O)C2. The van der Waals surface area contributed by atoms with Crippen LogP contribution in [0.3, 0.4) is 0 Å². The number of benzene rings is 1. The summed E-state index contributed by atoms with van der Waals surface area (Å²) in [6, 6.07) is 7.60. The number of ether oxygens (including phenoxy) is 4. The predicted molar refractivity (Wildman–Crippen MR) is 93.2 cm³/mol. The summed E-state index contributed by atoms with van der Waals surface area (Å²) in [5.74, 6) is 0.183. The lowest BCUT2D eigenvalue weighted by Crippen LogP contribution is -2.50. The number of pyridine rings is 1. The molecule has 0 unspecified atom stereocenters. The highest BCUT2D eigenvalue weighted by Crippen LogP contribution is 2.42. The molecule has 26 heavy (non-hydrogen) atoms. The largest absolute Gasteiger partial charge is 0.496 e. The third-order valence-electron chi connectivity index (χ3n) is 4.37. The van der Waals surface area contributed by atoms with Gasteiger partial charge >= 0.3 is 11.9 Å². The molecule has 0 radical (unpaired) electrons. The number of aromatic nitrogens is 1.